The molecule has 3 nitrogen and oxygen atoms in total. The molecule has 0 atom stereocenters. The van der Waals surface area contributed by atoms with Gasteiger partial charge >= 0.3 is 0 Å². The predicted octanol–water partition coefficient (Wildman–Crippen LogP) is 4.89. The van der Waals surface area contributed by atoms with Crippen LogP contribution >= 0.6 is 11.6 Å². The molecule has 1 fully saturated rings. The number of aromatic nitrogens is 1. The normalized spacial score (nSPS) is 14.6. The summed E-state index contributed by atoms with van der Waals surface area (Å²) in [6.07, 6.45) is 8.26. The smallest absolute Gasteiger partial charge is 0.226 e. The summed E-state index contributed by atoms with van der Waals surface area (Å²) < 4.78 is 2.18. The van der Waals surface area contributed by atoms with Crippen molar-refractivity contribution in [2.75, 3.05) is 6.54 Å². The van der Waals surface area contributed by atoms with E-state index in [0.717, 1.165) is 35.7 Å². The quantitative estimate of drug-likeness (QED) is 0.648. The van der Waals surface area contributed by atoms with Crippen molar-refractivity contribution in [1.82, 2.24) is 9.47 Å². The predicted molar refractivity (Wildman–Crippen MR) is 103 cm³/mol. The van der Waals surface area contributed by atoms with E-state index in [4.69, 9.17) is 11.6 Å². The first-order valence-electron chi connectivity index (χ1n) is 8.95. The average Bonchev–Trinajstić information content (AvgIpc) is 3.26. The molecule has 0 saturated heterocycles. The Hall–Kier alpha value is -2.00. The van der Waals surface area contributed by atoms with Gasteiger partial charge in [-0.25, -0.2) is 0 Å². The van der Waals surface area contributed by atoms with Gasteiger partial charge in [0, 0.05) is 35.9 Å². The molecule has 1 aliphatic carbocycles. The van der Waals surface area contributed by atoms with Crippen molar-refractivity contribution >= 4 is 17.5 Å². The summed E-state index contributed by atoms with van der Waals surface area (Å²) in [5, 5.41) is 0.746. The van der Waals surface area contributed by atoms with E-state index in [-0.39, 0.29) is 11.8 Å². The lowest BCUT2D eigenvalue weighted by atomic mass is 10.1. The standard InChI is InChI=1S/C21H25ClN2O/c1-2-12-24(21(25)18-8-3-4-9-18)16-20-11-6-13-23(20)15-17-7-5-10-19(22)14-17/h2,5-7,10-11,13-14,18H,1,3-4,8-9,12,15-16H2. The second-order valence-corrected chi connectivity index (χ2v) is 7.18. The van der Waals surface area contributed by atoms with E-state index in [2.05, 4.69) is 29.5 Å². The molecule has 0 aliphatic heterocycles. The van der Waals surface area contributed by atoms with Gasteiger partial charge in [-0.05, 0) is 42.7 Å². The van der Waals surface area contributed by atoms with Crippen LogP contribution in [-0.2, 0) is 17.9 Å². The minimum absolute atomic E-state index is 0.191. The molecule has 3 rings (SSSR count). The van der Waals surface area contributed by atoms with Crippen molar-refractivity contribution in [3.8, 4) is 0 Å². The van der Waals surface area contributed by atoms with Crippen molar-refractivity contribution < 1.29 is 4.79 Å². The number of carbonyl (C=O) groups is 1. The number of nitrogens with zero attached hydrogens (tertiary/aromatic N) is 2. The van der Waals surface area contributed by atoms with Crippen molar-refractivity contribution in [2.24, 2.45) is 5.92 Å². The number of hydrogen-bond donors (Lipinski definition) is 0. The van der Waals surface area contributed by atoms with Gasteiger partial charge in [0.05, 0.1) is 6.54 Å². The third kappa shape index (κ3) is 4.55. The van der Waals surface area contributed by atoms with Crippen molar-refractivity contribution in [1.29, 1.82) is 0 Å². The highest BCUT2D eigenvalue weighted by atomic mass is 35.5. The molecule has 2 aromatic rings. The van der Waals surface area contributed by atoms with E-state index in [1.807, 2.05) is 35.2 Å². The van der Waals surface area contributed by atoms with E-state index in [1.54, 1.807) is 0 Å². The van der Waals surface area contributed by atoms with Crippen LogP contribution in [0.2, 0.25) is 5.02 Å². The zero-order chi connectivity index (χ0) is 17.6. The lowest BCUT2D eigenvalue weighted by molar-refractivity contribution is -0.135. The minimum atomic E-state index is 0.191. The maximum Gasteiger partial charge on any atom is 0.226 e. The summed E-state index contributed by atoms with van der Waals surface area (Å²) in [7, 11) is 0. The van der Waals surface area contributed by atoms with E-state index >= 15 is 0 Å². The van der Waals surface area contributed by atoms with Gasteiger partial charge in [0.25, 0.3) is 0 Å². The Morgan fingerprint density at radius 1 is 1.28 bits per heavy atom. The molecular weight excluding hydrogens is 332 g/mol. The molecule has 1 aromatic heterocycles. The van der Waals surface area contributed by atoms with Crippen LogP contribution in [0.4, 0.5) is 0 Å². The first-order valence-corrected chi connectivity index (χ1v) is 9.33. The average molecular weight is 357 g/mol. The Morgan fingerprint density at radius 2 is 2.08 bits per heavy atom. The van der Waals surface area contributed by atoms with Crippen LogP contribution < -0.4 is 0 Å². The molecule has 0 radical (unpaired) electrons. The van der Waals surface area contributed by atoms with Crippen LogP contribution in [0, 0.1) is 5.92 Å². The van der Waals surface area contributed by atoms with E-state index in [0.29, 0.717) is 13.1 Å². The topological polar surface area (TPSA) is 25.2 Å². The zero-order valence-electron chi connectivity index (χ0n) is 14.5. The second-order valence-electron chi connectivity index (χ2n) is 6.75. The summed E-state index contributed by atoms with van der Waals surface area (Å²) in [6.45, 7) is 5.79. The van der Waals surface area contributed by atoms with Gasteiger partial charge in [0.1, 0.15) is 0 Å². The Bertz CT molecular complexity index is 731. The first kappa shape index (κ1) is 17.8. The monoisotopic (exact) mass is 356 g/mol. The molecule has 0 bridgehead atoms. The van der Waals surface area contributed by atoms with Gasteiger partial charge in [-0.3, -0.25) is 4.79 Å². The number of benzene rings is 1. The summed E-state index contributed by atoms with van der Waals surface area (Å²) in [5.41, 5.74) is 2.29. The molecule has 1 saturated carbocycles. The summed E-state index contributed by atoms with van der Waals surface area (Å²) in [6, 6.07) is 12.0. The third-order valence-electron chi connectivity index (χ3n) is 4.88. The van der Waals surface area contributed by atoms with Crippen LogP contribution in [0.1, 0.15) is 36.9 Å². The molecule has 1 heterocycles. The van der Waals surface area contributed by atoms with Crippen molar-refractivity contribution in [3.63, 3.8) is 0 Å². The minimum Gasteiger partial charge on any atom is -0.345 e. The molecule has 0 unspecified atom stereocenters. The van der Waals surface area contributed by atoms with E-state index < -0.39 is 0 Å². The number of rotatable bonds is 7. The molecule has 1 aromatic carbocycles. The molecule has 25 heavy (non-hydrogen) atoms. The summed E-state index contributed by atoms with van der Waals surface area (Å²) in [4.78, 5) is 14.8. The molecule has 0 N–H and O–H groups in total. The molecule has 4 heteroatoms. The van der Waals surface area contributed by atoms with Gasteiger partial charge in [-0.2, -0.15) is 0 Å². The summed E-state index contributed by atoms with van der Waals surface area (Å²) in [5.74, 6) is 0.462. The van der Waals surface area contributed by atoms with E-state index in [1.165, 1.54) is 12.8 Å². The lowest BCUT2D eigenvalue weighted by Gasteiger charge is -2.25. The highest BCUT2D eigenvalue weighted by Crippen LogP contribution is 2.27. The molecule has 1 aliphatic rings. The fourth-order valence-electron chi connectivity index (χ4n) is 3.59. The van der Waals surface area contributed by atoms with Crippen molar-refractivity contribution in [2.45, 2.75) is 38.8 Å². The van der Waals surface area contributed by atoms with Crippen LogP contribution in [-0.4, -0.2) is 21.9 Å². The van der Waals surface area contributed by atoms with Gasteiger partial charge in [0.2, 0.25) is 5.91 Å². The van der Waals surface area contributed by atoms with E-state index in [9.17, 15) is 4.79 Å². The molecule has 1 amide bonds. The van der Waals surface area contributed by atoms with Crippen LogP contribution in [0.25, 0.3) is 0 Å². The Kier molecular flexibility index (Phi) is 5.98. The molecular formula is C21H25ClN2O. The fourth-order valence-corrected chi connectivity index (χ4v) is 3.81. The highest BCUT2D eigenvalue weighted by molar-refractivity contribution is 6.30. The SMILES string of the molecule is C=CCN(Cc1cccn1Cc1cccc(Cl)c1)C(=O)C1CCCC1. The maximum atomic E-state index is 12.8. The fraction of sp³-hybridized carbons (Fsp3) is 0.381. The lowest BCUT2D eigenvalue weighted by Crippen LogP contribution is -2.35. The number of halogens is 1. The zero-order valence-corrected chi connectivity index (χ0v) is 15.3. The number of carbonyl (C=O) groups excluding carboxylic acids is 1. The molecule has 0 spiro atoms. The summed E-state index contributed by atoms with van der Waals surface area (Å²) >= 11 is 6.09. The Balaban J connectivity index is 1.73. The first-order chi connectivity index (χ1) is 12.2. The maximum absolute atomic E-state index is 12.8. The van der Waals surface area contributed by atoms with Gasteiger partial charge in [-0.1, -0.05) is 42.7 Å². The van der Waals surface area contributed by atoms with Crippen LogP contribution in [0.5, 0.6) is 0 Å². The van der Waals surface area contributed by atoms with Crippen LogP contribution in [0.15, 0.2) is 55.3 Å². The van der Waals surface area contributed by atoms with Gasteiger partial charge in [0.15, 0.2) is 0 Å². The Labute approximate surface area is 154 Å². The largest absolute Gasteiger partial charge is 0.345 e. The molecule has 132 valence electrons. The van der Waals surface area contributed by atoms with Gasteiger partial charge < -0.3 is 9.47 Å². The highest BCUT2D eigenvalue weighted by Gasteiger charge is 2.27. The Morgan fingerprint density at radius 3 is 2.80 bits per heavy atom. The number of hydrogen-bond acceptors (Lipinski definition) is 1. The van der Waals surface area contributed by atoms with Crippen LogP contribution in [0.3, 0.4) is 0 Å². The third-order valence-corrected chi connectivity index (χ3v) is 5.12. The van der Waals surface area contributed by atoms with Gasteiger partial charge in [-0.15, -0.1) is 6.58 Å². The van der Waals surface area contributed by atoms with Crippen molar-refractivity contribution in [3.05, 3.63) is 71.5 Å². The second kappa shape index (κ2) is 8.39. The number of amides is 1.